The number of hydrogen-bond acceptors (Lipinski definition) is 1. The van der Waals surface area contributed by atoms with E-state index in [4.69, 9.17) is 0 Å². The van der Waals surface area contributed by atoms with E-state index < -0.39 is 0 Å². The summed E-state index contributed by atoms with van der Waals surface area (Å²) in [5.74, 6) is 2.13. The van der Waals surface area contributed by atoms with Gasteiger partial charge in [-0.25, -0.2) is 0 Å². The minimum atomic E-state index is 0.472. The summed E-state index contributed by atoms with van der Waals surface area (Å²) in [5, 5.41) is 10.0. The van der Waals surface area contributed by atoms with Gasteiger partial charge in [0, 0.05) is 0 Å². The summed E-state index contributed by atoms with van der Waals surface area (Å²) in [6.45, 7) is 7.01. The van der Waals surface area contributed by atoms with Crippen LogP contribution in [0.1, 0.15) is 103 Å². The van der Waals surface area contributed by atoms with Crippen molar-refractivity contribution in [2.24, 2.45) is 11.8 Å². The normalized spacial score (nSPS) is 13.7. The third-order valence-corrected chi connectivity index (χ3v) is 5.57. The molecule has 1 N–H and O–H groups in total. The molecular formula is C24H42O. The zero-order chi connectivity index (χ0) is 18.3. The average Bonchev–Trinajstić information content (AvgIpc) is 2.61. The van der Waals surface area contributed by atoms with Crippen molar-refractivity contribution in [3.05, 3.63) is 29.8 Å². The lowest BCUT2D eigenvalue weighted by Crippen LogP contribution is -2.09. The second-order valence-electron chi connectivity index (χ2n) is 8.07. The Bertz CT molecular complexity index is 426. The van der Waals surface area contributed by atoms with E-state index in [1.54, 1.807) is 0 Å². The van der Waals surface area contributed by atoms with E-state index in [-0.39, 0.29) is 0 Å². The molecule has 0 spiro atoms. The Morgan fingerprint density at radius 3 is 2.20 bits per heavy atom. The van der Waals surface area contributed by atoms with Crippen molar-refractivity contribution in [3.63, 3.8) is 0 Å². The predicted molar refractivity (Wildman–Crippen MR) is 111 cm³/mol. The zero-order valence-electron chi connectivity index (χ0n) is 17.1. The number of aromatic hydroxyl groups is 1. The molecule has 0 bridgehead atoms. The van der Waals surface area contributed by atoms with Crippen LogP contribution in [0.3, 0.4) is 0 Å². The maximum absolute atomic E-state index is 10.0. The van der Waals surface area contributed by atoms with Crippen LogP contribution in [-0.4, -0.2) is 5.11 Å². The van der Waals surface area contributed by atoms with Crippen LogP contribution in [0, 0.1) is 11.8 Å². The first-order valence-electron chi connectivity index (χ1n) is 10.9. The fourth-order valence-corrected chi connectivity index (χ4v) is 3.91. The highest BCUT2D eigenvalue weighted by Gasteiger charge is 2.14. The van der Waals surface area contributed by atoms with Crippen molar-refractivity contribution in [2.45, 2.75) is 104 Å². The lowest BCUT2D eigenvalue weighted by Gasteiger charge is -2.21. The number of benzene rings is 1. The molecule has 0 radical (unpaired) electrons. The topological polar surface area (TPSA) is 20.2 Å². The van der Waals surface area contributed by atoms with E-state index in [1.807, 2.05) is 18.2 Å². The summed E-state index contributed by atoms with van der Waals surface area (Å²) < 4.78 is 0. The molecule has 1 aromatic carbocycles. The minimum absolute atomic E-state index is 0.472. The fourth-order valence-electron chi connectivity index (χ4n) is 3.91. The van der Waals surface area contributed by atoms with Crippen LogP contribution in [0.15, 0.2) is 24.3 Å². The Labute approximate surface area is 157 Å². The number of unbranched alkanes of at least 4 members (excludes halogenated alkanes) is 6. The second kappa shape index (κ2) is 14.2. The number of phenolic OH excluding ortho intramolecular Hbond substituents is 1. The molecule has 1 heteroatoms. The van der Waals surface area contributed by atoms with E-state index in [0.29, 0.717) is 5.75 Å². The van der Waals surface area contributed by atoms with Gasteiger partial charge < -0.3 is 5.11 Å². The smallest absolute Gasteiger partial charge is 0.118 e. The summed E-state index contributed by atoms with van der Waals surface area (Å²) in [5.41, 5.74) is 1.12. The van der Waals surface area contributed by atoms with E-state index >= 15 is 0 Å². The molecule has 2 atom stereocenters. The Morgan fingerprint density at radius 2 is 1.48 bits per heavy atom. The monoisotopic (exact) mass is 346 g/mol. The molecule has 0 aromatic heterocycles. The Kier molecular flexibility index (Phi) is 12.5. The molecule has 2 unspecified atom stereocenters. The van der Waals surface area contributed by atoms with Gasteiger partial charge in [-0.15, -0.1) is 0 Å². The van der Waals surface area contributed by atoms with Crippen molar-refractivity contribution in [2.75, 3.05) is 0 Å². The molecule has 0 aliphatic carbocycles. The summed E-state index contributed by atoms with van der Waals surface area (Å²) >= 11 is 0. The highest BCUT2D eigenvalue weighted by Crippen LogP contribution is 2.28. The standard InChI is InChI=1S/C24H42O/c1-4-6-8-9-10-11-15-22(20-21(3)14-7-5-2)18-19-23-16-12-13-17-24(23)25/h12-13,16-17,21-22,25H,4-11,14-15,18-20H2,1-3H3. The molecule has 1 nitrogen and oxygen atoms in total. The zero-order valence-corrected chi connectivity index (χ0v) is 17.1. The second-order valence-corrected chi connectivity index (χ2v) is 8.07. The first-order chi connectivity index (χ1) is 12.2. The average molecular weight is 347 g/mol. The van der Waals surface area contributed by atoms with Crippen molar-refractivity contribution >= 4 is 0 Å². The fraction of sp³-hybridized carbons (Fsp3) is 0.750. The maximum atomic E-state index is 10.0. The van der Waals surface area contributed by atoms with Crippen molar-refractivity contribution in [3.8, 4) is 5.75 Å². The van der Waals surface area contributed by atoms with Crippen LogP contribution < -0.4 is 0 Å². The molecule has 144 valence electrons. The molecule has 0 saturated carbocycles. The summed E-state index contributed by atoms with van der Waals surface area (Å²) in [6.07, 6.45) is 17.4. The largest absolute Gasteiger partial charge is 0.508 e. The first kappa shape index (κ1) is 22.1. The van der Waals surface area contributed by atoms with Crippen molar-refractivity contribution < 1.29 is 5.11 Å². The highest BCUT2D eigenvalue weighted by molar-refractivity contribution is 5.31. The van der Waals surface area contributed by atoms with Crippen LogP contribution in [0.4, 0.5) is 0 Å². The van der Waals surface area contributed by atoms with Crippen LogP contribution in [0.25, 0.3) is 0 Å². The third-order valence-electron chi connectivity index (χ3n) is 5.57. The molecule has 0 aliphatic rings. The van der Waals surface area contributed by atoms with Gasteiger partial charge in [0.05, 0.1) is 0 Å². The molecular weight excluding hydrogens is 304 g/mol. The van der Waals surface area contributed by atoms with E-state index in [0.717, 1.165) is 23.8 Å². The molecule has 0 aliphatic heterocycles. The lowest BCUT2D eigenvalue weighted by molar-refractivity contribution is 0.322. The van der Waals surface area contributed by atoms with Gasteiger partial charge in [-0.2, -0.15) is 0 Å². The Hall–Kier alpha value is -0.980. The highest BCUT2D eigenvalue weighted by atomic mass is 16.3. The van der Waals surface area contributed by atoms with E-state index in [1.165, 1.54) is 77.0 Å². The van der Waals surface area contributed by atoms with Gasteiger partial charge in [0.25, 0.3) is 0 Å². The molecule has 0 heterocycles. The van der Waals surface area contributed by atoms with E-state index in [9.17, 15) is 5.11 Å². The molecule has 25 heavy (non-hydrogen) atoms. The Morgan fingerprint density at radius 1 is 0.800 bits per heavy atom. The van der Waals surface area contributed by atoms with Gasteiger partial charge in [0.1, 0.15) is 5.75 Å². The lowest BCUT2D eigenvalue weighted by atomic mass is 9.85. The van der Waals surface area contributed by atoms with Gasteiger partial charge in [0.2, 0.25) is 0 Å². The van der Waals surface area contributed by atoms with Gasteiger partial charge in [0.15, 0.2) is 0 Å². The first-order valence-corrected chi connectivity index (χ1v) is 10.9. The minimum Gasteiger partial charge on any atom is -0.508 e. The van der Waals surface area contributed by atoms with E-state index in [2.05, 4.69) is 26.8 Å². The van der Waals surface area contributed by atoms with Gasteiger partial charge in [-0.05, 0) is 42.7 Å². The number of para-hydroxylation sites is 1. The molecule has 1 aromatic rings. The van der Waals surface area contributed by atoms with Crippen LogP contribution in [-0.2, 0) is 6.42 Å². The molecule has 0 fully saturated rings. The van der Waals surface area contributed by atoms with Gasteiger partial charge >= 0.3 is 0 Å². The van der Waals surface area contributed by atoms with Crippen molar-refractivity contribution in [1.29, 1.82) is 0 Å². The molecule has 1 rings (SSSR count). The quantitative estimate of drug-likeness (QED) is 0.320. The summed E-state index contributed by atoms with van der Waals surface area (Å²) in [6, 6.07) is 7.86. The molecule has 0 amide bonds. The van der Waals surface area contributed by atoms with Crippen molar-refractivity contribution in [1.82, 2.24) is 0 Å². The summed E-state index contributed by atoms with van der Waals surface area (Å²) in [4.78, 5) is 0. The summed E-state index contributed by atoms with van der Waals surface area (Å²) in [7, 11) is 0. The predicted octanol–water partition coefficient (Wildman–Crippen LogP) is 7.91. The number of hydrogen-bond donors (Lipinski definition) is 1. The third kappa shape index (κ3) is 10.6. The number of rotatable bonds is 15. The van der Waals surface area contributed by atoms with Crippen LogP contribution >= 0.6 is 0 Å². The number of phenols is 1. The molecule has 0 saturated heterocycles. The van der Waals surface area contributed by atoms with Crippen LogP contribution in [0.5, 0.6) is 5.75 Å². The SMILES string of the molecule is CCCCCCCCC(CCc1ccccc1O)CC(C)CCCC. The maximum Gasteiger partial charge on any atom is 0.118 e. The number of aryl methyl sites for hydroxylation is 1. The van der Waals surface area contributed by atoms with Gasteiger partial charge in [-0.3, -0.25) is 0 Å². The van der Waals surface area contributed by atoms with Crippen LogP contribution in [0.2, 0.25) is 0 Å². The van der Waals surface area contributed by atoms with Gasteiger partial charge in [-0.1, -0.05) is 103 Å². The Balaban J connectivity index is 2.42.